The summed E-state index contributed by atoms with van der Waals surface area (Å²) in [6.07, 6.45) is 5.06. The molecule has 1 N–H and O–H groups in total. The van der Waals surface area contributed by atoms with Gasteiger partial charge in [-0.05, 0) is 72.6 Å². The highest BCUT2D eigenvalue weighted by atomic mass is 32.2. The molecular weight excluding hydrogens is 322 g/mol. The second-order valence-electron chi connectivity index (χ2n) is 6.77. The molecular formula is C17H21N5OS. The summed E-state index contributed by atoms with van der Waals surface area (Å²) in [5.74, 6) is 1.86. The van der Waals surface area contributed by atoms with Crippen LogP contribution < -0.4 is 5.32 Å². The van der Waals surface area contributed by atoms with Crippen LogP contribution in [0, 0.1) is 18.8 Å². The first-order valence-electron chi connectivity index (χ1n) is 8.48. The van der Waals surface area contributed by atoms with Crippen LogP contribution in [0.15, 0.2) is 29.4 Å². The van der Waals surface area contributed by atoms with Crippen LogP contribution in [-0.4, -0.2) is 37.9 Å². The third-order valence-electron chi connectivity index (χ3n) is 4.61. The molecule has 0 aliphatic heterocycles. The van der Waals surface area contributed by atoms with Crippen molar-refractivity contribution in [3.8, 4) is 5.69 Å². The van der Waals surface area contributed by atoms with Crippen molar-refractivity contribution in [2.24, 2.45) is 11.8 Å². The fraction of sp³-hybridized carbons (Fsp3) is 0.529. The lowest BCUT2D eigenvalue weighted by Crippen LogP contribution is -2.39. The molecule has 2 aliphatic carbocycles. The smallest absolute Gasteiger partial charge is 0.230 e. The molecule has 126 valence electrons. The molecule has 0 saturated heterocycles. The Hall–Kier alpha value is -1.89. The average molecular weight is 343 g/mol. The molecule has 0 unspecified atom stereocenters. The first-order valence-corrected chi connectivity index (χ1v) is 9.47. The summed E-state index contributed by atoms with van der Waals surface area (Å²) in [6, 6.07) is 8.39. The zero-order chi connectivity index (χ0) is 16.5. The Bertz CT molecular complexity index is 726. The molecule has 2 fully saturated rings. The van der Waals surface area contributed by atoms with Crippen LogP contribution in [0.25, 0.3) is 5.69 Å². The van der Waals surface area contributed by atoms with Crippen molar-refractivity contribution in [2.75, 3.05) is 5.75 Å². The normalized spacial score (nSPS) is 17.2. The van der Waals surface area contributed by atoms with Crippen LogP contribution in [0.4, 0.5) is 0 Å². The topological polar surface area (TPSA) is 72.7 Å². The predicted molar refractivity (Wildman–Crippen MR) is 92.0 cm³/mol. The molecule has 4 rings (SSSR count). The maximum absolute atomic E-state index is 12.3. The Morgan fingerprint density at radius 1 is 1.33 bits per heavy atom. The second-order valence-corrected chi connectivity index (χ2v) is 7.71. The molecule has 1 aromatic heterocycles. The third kappa shape index (κ3) is 3.61. The van der Waals surface area contributed by atoms with Gasteiger partial charge in [0.2, 0.25) is 11.1 Å². The van der Waals surface area contributed by atoms with Gasteiger partial charge in [0.05, 0.1) is 11.4 Å². The van der Waals surface area contributed by atoms with Gasteiger partial charge in [-0.1, -0.05) is 23.9 Å². The van der Waals surface area contributed by atoms with E-state index in [1.807, 2.05) is 31.2 Å². The second kappa shape index (κ2) is 6.55. The van der Waals surface area contributed by atoms with Gasteiger partial charge in [-0.15, -0.1) is 5.10 Å². The number of thioether (sulfide) groups is 1. The monoisotopic (exact) mass is 343 g/mol. The third-order valence-corrected chi connectivity index (χ3v) is 5.53. The highest BCUT2D eigenvalue weighted by Crippen LogP contribution is 2.44. The van der Waals surface area contributed by atoms with Gasteiger partial charge in [-0.2, -0.15) is 4.68 Å². The SMILES string of the molecule is Cc1cccc(-n2nnnc2SCC(=O)NC(C2CC2)C2CC2)c1. The number of tetrazole rings is 1. The lowest BCUT2D eigenvalue weighted by molar-refractivity contribution is -0.119. The minimum atomic E-state index is 0.0857. The number of aromatic nitrogens is 4. The number of aryl methyl sites for hydroxylation is 1. The maximum Gasteiger partial charge on any atom is 0.230 e. The fourth-order valence-electron chi connectivity index (χ4n) is 3.08. The summed E-state index contributed by atoms with van der Waals surface area (Å²) in [4.78, 5) is 12.3. The van der Waals surface area contributed by atoms with Crippen molar-refractivity contribution in [3.05, 3.63) is 29.8 Å². The van der Waals surface area contributed by atoms with Crippen LogP contribution in [0.3, 0.4) is 0 Å². The molecule has 1 heterocycles. The molecule has 0 bridgehead atoms. The van der Waals surface area contributed by atoms with Crippen molar-refractivity contribution in [1.29, 1.82) is 0 Å². The Morgan fingerprint density at radius 3 is 2.75 bits per heavy atom. The minimum Gasteiger partial charge on any atom is -0.352 e. The van der Waals surface area contributed by atoms with E-state index in [0.717, 1.165) is 11.3 Å². The Morgan fingerprint density at radius 2 is 2.08 bits per heavy atom. The molecule has 6 nitrogen and oxygen atoms in total. The van der Waals surface area contributed by atoms with Gasteiger partial charge in [0, 0.05) is 6.04 Å². The highest BCUT2D eigenvalue weighted by Gasteiger charge is 2.42. The number of nitrogens with zero attached hydrogens (tertiary/aromatic N) is 4. The molecule has 24 heavy (non-hydrogen) atoms. The van der Waals surface area contributed by atoms with E-state index >= 15 is 0 Å². The van der Waals surface area contributed by atoms with Crippen LogP contribution >= 0.6 is 11.8 Å². The number of benzene rings is 1. The van der Waals surface area contributed by atoms with Crippen molar-refractivity contribution < 1.29 is 4.79 Å². The van der Waals surface area contributed by atoms with Crippen molar-refractivity contribution in [3.63, 3.8) is 0 Å². The van der Waals surface area contributed by atoms with E-state index in [9.17, 15) is 4.79 Å². The molecule has 0 radical (unpaired) electrons. The summed E-state index contributed by atoms with van der Waals surface area (Å²) in [6.45, 7) is 2.03. The molecule has 2 saturated carbocycles. The van der Waals surface area contributed by atoms with E-state index in [1.165, 1.54) is 37.4 Å². The first-order chi connectivity index (χ1) is 11.7. The van der Waals surface area contributed by atoms with Gasteiger partial charge in [0.25, 0.3) is 0 Å². The largest absolute Gasteiger partial charge is 0.352 e. The molecule has 7 heteroatoms. The standard InChI is InChI=1S/C17H21N5OS/c1-11-3-2-4-14(9-11)22-17(19-20-21-22)24-10-15(23)18-16(12-5-6-12)13-7-8-13/h2-4,9,12-13,16H,5-8,10H2,1H3,(H,18,23). The number of carbonyl (C=O) groups excluding carboxylic acids is 1. The van der Waals surface area contributed by atoms with Crippen molar-refractivity contribution >= 4 is 17.7 Å². The molecule has 1 aromatic carbocycles. The van der Waals surface area contributed by atoms with Gasteiger partial charge in [-0.3, -0.25) is 4.79 Å². The van der Waals surface area contributed by atoms with Crippen LogP contribution in [-0.2, 0) is 4.79 Å². The number of carbonyl (C=O) groups is 1. The Balaban J connectivity index is 1.37. The quantitative estimate of drug-likeness (QED) is 0.782. The highest BCUT2D eigenvalue weighted by molar-refractivity contribution is 7.99. The number of nitrogens with one attached hydrogen (secondary N) is 1. The summed E-state index contributed by atoms with van der Waals surface area (Å²) in [5.41, 5.74) is 2.06. The molecule has 0 spiro atoms. The number of hydrogen-bond donors (Lipinski definition) is 1. The summed E-state index contributed by atoms with van der Waals surface area (Å²) < 4.78 is 1.68. The summed E-state index contributed by atoms with van der Waals surface area (Å²) in [5, 5.41) is 15.7. The van der Waals surface area contributed by atoms with E-state index in [4.69, 9.17) is 0 Å². The number of hydrogen-bond acceptors (Lipinski definition) is 5. The fourth-order valence-corrected chi connectivity index (χ4v) is 3.78. The molecule has 2 aromatic rings. The van der Waals surface area contributed by atoms with E-state index in [2.05, 4.69) is 20.8 Å². The van der Waals surface area contributed by atoms with E-state index in [-0.39, 0.29) is 5.91 Å². The van der Waals surface area contributed by atoms with Crippen molar-refractivity contribution in [2.45, 2.75) is 43.8 Å². The molecule has 0 atom stereocenters. The van der Waals surface area contributed by atoms with Crippen LogP contribution in [0.5, 0.6) is 0 Å². The van der Waals surface area contributed by atoms with Crippen LogP contribution in [0.2, 0.25) is 0 Å². The van der Waals surface area contributed by atoms with Gasteiger partial charge < -0.3 is 5.32 Å². The summed E-state index contributed by atoms with van der Waals surface area (Å²) in [7, 11) is 0. The zero-order valence-electron chi connectivity index (χ0n) is 13.7. The maximum atomic E-state index is 12.3. The van der Waals surface area contributed by atoms with E-state index in [0.29, 0.717) is 28.8 Å². The lowest BCUT2D eigenvalue weighted by atomic mass is 10.1. The van der Waals surface area contributed by atoms with Crippen LogP contribution in [0.1, 0.15) is 31.2 Å². The summed E-state index contributed by atoms with van der Waals surface area (Å²) >= 11 is 1.38. The van der Waals surface area contributed by atoms with E-state index in [1.54, 1.807) is 4.68 Å². The number of rotatable bonds is 7. The van der Waals surface area contributed by atoms with Gasteiger partial charge in [0.15, 0.2) is 0 Å². The zero-order valence-corrected chi connectivity index (χ0v) is 14.5. The average Bonchev–Trinajstić information content (AvgIpc) is 3.49. The van der Waals surface area contributed by atoms with E-state index < -0.39 is 0 Å². The molecule has 1 amide bonds. The lowest BCUT2D eigenvalue weighted by Gasteiger charge is -2.17. The first kappa shape index (κ1) is 15.6. The predicted octanol–water partition coefficient (Wildman–Crippen LogP) is 2.37. The van der Waals surface area contributed by atoms with Gasteiger partial charge >= 0.3 is 0 Å². The van der Waals surface area contributed by atoms with Crippen molar-refractivity contribution in [1.82, 2.24) is 25.5 Å². The number of amides is 1. The Kier molecular flexibility index (Phi) is 4.26. The molecule has 2 aliphatic rings. The Labute approximate surface area is 145 Å². The van der Waals surface area contributed by atoms with Gasteiger partial charge in [-0.25, -0.2) is 0 Å². The minimum absolute atomic E-state index is 0.0857. The van der Waals surface area contributed by atoms with Gasteiger partial charge in [0.1, 0.15) is 0 Å².